The van der Waals surface area contributed by atoms with E-state index in [2.05, 4.69) is 0 Å². The number of rotatable bonds is 3. The summed E-state index contributed by atoms with van der Waals surface area (Å²) >= 11 is 0. The summed E-state index contributed by atoms with van der Waals surface area (Å²) in [5.41, 5.74) is 0. The van der Waals surface area contributed by atoms with Crippen LogP contribution in [0.2, 0.25) is 0 Å². The predicted octanol–water partition coefficient (Wildman–Crippen LogP) is -2.70. The summed E-state index contributed by atoms with van der Waals surface area (Å²) < 4.78 is 4.95. The first-order valence-electron chi connectivity index (χ1n) is 4.49. The molecule has 1 heterocycles. The Morgan fingerprint density at radius 2 is 1.60 bits per heavy atom. The Hall–Kier alpha value is -0.730. The van der Waals surface area contributed by atoms with Crippen molar-refractivity contribution in [3.8, 4) is 0 Å². The minimum atomic E-state index is -1.51. The zero-order chi connectivity index (χ0) is 11.6. The van der Waals surface area contributed by atoms with Crippen molar-refractivity contribution in [3.63, 3.8) is 0 Å². The first kappa shape index (κ1) is 12.3. The van der Waals surface area contributed by atoms with Gasteiger partial charge in [0.05, 0.1) is 19.1 Å². The molecule has 0 aromatic heterocycles. The molecule has 1 aliphatic heterocycles. The lowest BCUT2D eigenvalue weighted by Gasteiger charge is -2.39. The van der Waals surface area contributed by atoms with Crippen LogP contribution in [-0.4, -0.2) is 68.6 Å². The van der Waals surface area contributed by atoms with Gasteiger partial charge >= 0.3 is 5.97 Å². The van der Waals surface area contributed by atoms with Gasteiger partial charge < -0.3 is 30.3 Å². The molecule has 1 aliphatic rings. The third-order valence-corrected chi connectivity index (χ3v) is 2.37. The standard InChI is InChI=1S/C8H14O7/c9-2-4-7(13)8(14)6(12)3(15-4)1-5(10)11/h3-4,6-9,12-14H,1-2H2,(H,10,11)/t3?,4-,6+,7-,8-/m1/s1. The molecule has 0 aromatic carbocycles. The van der Waals surface area contributed by atoms with Crippen molar-refractivity contribution in [2.75, 3.05) is 6.61 Å². The van der Waals surface area contributed by atoms with Crippen molar-refractivity contribution in [2.45, 2.75) is 36.9 Å². The number of ether oxygens (including phenoxy) is 1. The van der Waals surface area contributed by atoms with Gasteiger partial charge in [0.1, 0.15) is 24.4 Å². The molecule has 0 amide bonds. The molecule has 0 radical (unpaired) electrons. The van der Waals surface area contributed by atoms with E-state index in [4.69, 9.17) is 14.9 Å². The topological polar surface area (TPSA) is 127 Å². The van der Waals surface area contributed by atoms with Gasteiger partial charge in [-0.1, -0.05) is 0 Å². The summed E-state index contributed by atoms with van der Waals surface area (Å²) in [5.74, 6) is -1.20. The summed E-state index contributed by atoms with van der Waals surface area (Å²) in [4.78, 5) is 10.4. The maximum absolute atomic E-state index is 10.4. The van der Waals surface area contributed by atoms with Crippen molar-refractivity contribution in [3.05, 3.63) is 0 Å². The fourth-order valence-electron chi connectivity index (χ4n) is 1.52. The molecule has 7 nitrogen and oxygen atoms in total. The average Bonchev–Trinajstić information content (AvgIpc) is 2.18. The molecule has 88 valence electrons. The van der Waals surface area contributed by atoms with E-state index in [1.165, 1.54) is 0 Å². The number of aliphatic hydroxyl groups is 4. The largest absolute Gasteiger partial charge is 0.481 e. The number of hydrogen-bond acceptors (Lipinski definition) is 6. The highest BCUT2D eigenvalue weighted by Crippen LogP contribution is 2.22. The van der Waals surface area contributed by atoms with Crippen LogP contribution in [0, 0.1) is 0 Å². The molecule has 5 N–H and O–H groups in total. The average molecular weight is 222 g/mol. The Labute approximate surface area is 85.5 Å². The lowest BCUT2D eigenvalue weighted by Crippen LogP contribution is -2.58. The van der Waals surface area contributed by atoms with Gasteiger partial charge in [-0.2, -0.15) is 0 Å². The molecule has 7 heteroatoms. The molecule has 0 bridgehead atoms. The molecule has 0 saturated carbocycles. The van der Waals surface area contributed by atoms with Crippen molar-refractivity contribution < 1.29 is 35.1 Å². The van der Waals surface area contributed by atoms with E-state index < -0.39 is 49.5 Å². The van der Waals surface area contributed by atoms with Crippen LogP contribution in [-0.2, 0) is 9.53 Å². The van der Waals surface area contributed by atoms with Gasteiger partial charge in [0.2, 0.25) is 0 Å². The second kappa shape index (κ2) is 4.86. The Kier molecular flexibility index (Phi) is 4.00. The van der Waals surface area contributed by atoms with Crippen LogP contribution in [0.15, 0.2) is 0 Å². The van der Waals surface area contributed by atoms with Crippen LogP contribution >= 0.6 is 0 Å². The van der Waals surface area contributed by atoms with Crippen molar-refractivity contribution in [2.24, 2.45) is 0 Å². The highest BCUT2D eigenvalue weighted by Gasteiger charge is 2.43. The number of aliphatic carboxylic acids is 1. The lowest BCUT2D eigenvalue weighted by molar-refractivity contribution is -0.231. The maximum atomic E-state index is 10.4. The molecule has 1 fully saturated rings. The number of carboxylic acid groups (broad SMARTS) is 1. The fourth-order valence-corrected chi connectivity index (χ4v) is 1.52. The Bertz CT molecular complexity index is 229. The summed E-state index contributed by atoms with van der Waals surface area (Å²) in [6, 6.07) is 0. The van der Waals surface area contributed by atoms with Gasteiger partial charge in [-0.05, 0) is 0 Å². The number of hydrogen-bond donors (Lipinski definition) is 5. The minimum Gasteiger partial charge on any atom is -0.481 e. The second-order valence-corrected chi connectivity index (χ2v) is 3.47. The fraction of sp³-hybridized carbons (Fsp3) is 0.875. The van der Waals surface area contributed by atoms with Gasteiger partial charge in [-0.25, -0.2) is 0 Å². The molecule has 15 heavy (non-hydrogen) atoms. The summed E-state index contributed by atoms with van der Waals surface area (Å²) in [7, 11) is 0. The van der Waals surface area contributed by atoms with E-state index in [-0.39, 0.29) is 0 Å². The summed E-state index contributed by atoms with van der Waals surface area (Å²) in [5, 5.41) is 45.3. The first-order valence-corrected chi connectivity index (χ1v) is 4.49. The van der Waals surface area contributed by atoms with Crippen LogP contribution in [0.3, 0.4) is 0 Å². The van der Waals surface area contributed by atoms with Crippen molar-refractivity contribution in [1.29, 1.82) is 0 Å². The van der Waals surface area contributed by atoms with Crippen LogP contribution in [0.1, 0.15) is 6.42 Å². The van der Waals surface area contributed by atoms with E-state index in [1.807, 2.05) is 0 Å². The maximum Gasteiger partial charge on any atom is 0.306 e. The molecule has 0 aromatic rings. The van der Waals surface area contributed by atoms with Crippen molar-refractivity contribution in [1.82, 2.24) is 0 Å². The van der Waals surface area contributed by atoms with Gasteiger partial charge in [0.15, 0.2) is 0 Å². The molecule has 5 atom stereocenters. The SMILES string of the molecule is O=C(O)CC1O[C@H](CO)[C@@H](O)[C@H](O)[C@H]1O. The molecule has 1 saturated heterocycles. The van der Waals surface area contributed by atoms with E-state index in [0.29, 0.717) is 0 Å². The first-order chi connectivity index (χ1) is 6.97. The summed E-state index contributed by atoms with van der Waals surface area (Å²) in [6.45, 7) is -0.554. The molecule has 0 aliphatic carbocycles. The van der Waals surface area contributed by atoms with E-state index in [0.717, 1.165) is 0 Å². The summed E-state index contributed by atoms with van der Waals surface area (Å²) in [6.07, 6.45) is -7.11. The molecule has 1 rings (SSSR count). The van der Waals surface area contributed by atoms with Gasteiger partial charge in [-0.15, -0.1) is 0 Å². The molecular formula is C8H14O7. The van der Waals surface area contributed by atoms with Crippen LogP contribution in [0.5, 0.6) is 0 Å². The normalized spacial score (nSPS) is 41.5. The number of carboxylic acids is 1. The lowest BCUT2D eigenvalue weighted by atomic mass is 9.94. The highest BCUT2D eigenvalue weighted by atomic mass is 16.5. The van der Waals surface area contributed by atoms with Gasteiger partial charge in [0.25, 0.3) is 0 Å². The Morgan fingerprint density at radius 3 is 2.07 bits per heavy atom. The van der Waals surface area contributed by atoms with Crippen LogP contribution in [0.4, 0.5) is 0 Å². The van der Waals surface area contributed by atoms with Crippen LogP contribution in [0.25, 0.3) is 0 Å². The molecule has 1 unspecified atom stereocenters. The Morgan fingerprint density at radius 1 is 1.07 bits per heavy atom. The molecule has 0 spiro atoms. The number of aliphatic hydroxyl groups excluding tert-OH is 4. The smallest absolute Gasteiger partial charge is 0.306 e. The van der Waals surface area contributed by atoms with Gasteiger partial charge in [0, 0.05) is 0 Å². The zero-order valence-electron chi connectivity index (χ0n) is 7.85. The zero-order valence-corrected chi connectivity index (χ0v) is 7.85. The Balaban J connectivity index is 2.69. The monoisotopic (exact) mass is 222 g/mol. The molecular weight excluding hydrogens is 208 g/mol. The van der Waals surface area contributed by atoms with E-state index >= 15 is 0 Å². The van der Waals surface area contributed by atoms with Crippen LogP contribution < -0.4 is 0 Å². The van der Waals surface area contributed by atoms with Crippen molar-refractivity contribution >= 4 is 5.97 Å². The van der Waals surface area contributed by atoms with E-state index in [1.54, 1.807) is 0 Å². The van der Waals surface area contributed by atoms with E-state index in [9.17, 15) is 20.1 Å². The van der Waals surface area contributed by atoms with Gasteiger partial charge in [-0.3, -0.25) is 4.79 Å². The minimum absolute atomic E-state index is 0.499. The third kappa shape index (κ3) is 2.64. The quantitative estimate of drug-likeness (QED) is 0.351. The highest BCUT2D eigenvalue weighted by molar-refractivity contribution is 5.67. The third-order valence-electron chi connectivity index (χ3n) is 2.37. The predicted molar refractivity (Wildman–Crippen MR) is 46.0 cm³/mol. The second-order valence-electron chi connectivity index (χ2n) is 3.47. The number of carbonyl (C=O) groups is 1.